The van der Waals surface area contributed by atoms with Gasteiger partial charge in [0.1, 0.15) is 22.7 Å². The Hall–Kier alpha value is -5.72. The molecular weight excluding hydrogens is 765 g/mol. The maximum Gasteiger partial charge on any atom is 0.197 e. The van der Waals surface area contributed by atoms with Gasteiger partial charge in [-0.15, -0.1) is 22.7 Å². The molecule has 0 bridgehead atoms. The minimum absolute atomic E-state index is 0.127. The number of hydrogen-bond donors (Lipinski definition) is 0. The standard InChI is InChI=1S/C44H26F4O6S2/c1-43(2)29-11-19(9-27-37(49)21-13-31(45)32(46)14-22(21)38(27)50)55-41(29)25-5-18-8-36-26(6-17(18)7-35(25)53-43)42-30(44(3,4)54-36)12-20(56-42)10-28-39(51)23-15-33(47)34(48)16-24(23)40(28)52/h5-18H,1-4H3. The summed E-state index contributed by atoms with van der Waals surface area (Å²) in [6.45, 7) is 7.72. The Labute approximate surface area is 324 Å². The van der Waals surface area contributed by atoms with Crippen LogP contribution in [0.1, 0.15) is 99.8 Å². The van der Waals surface area contributed by atoms with Crippen LogP contribution in [0.5, 0.6) is 0 Å². The van der Waals surface area contributed by atoms with E-state index in [0.717, 1.165) is 56.3 Å². The molecule has 2 unspecified atom stereocenters. The Kier molecular flexibility index (Phi) is 7.09. The highest BCUT2D eigenvalue weighted by molar-refractivity contribution is 7.14. The van der Waals surface area contributed by atoms with Gasteiger partial charge in [0, 0.05) is 75.9 Å². The van der Waals surface area contributed by atoms with Gasteiger partial charge in [0.25, 0.3) is 0 Å². The SMILES string of the molecule is CC1(C)OC2=CC3C=C4C(=CC3C=C2c2sc(C=C3C(=O)c5cc(F)c(F)cc5C3=O)cc21)OC(C)(C)c1cc(C=C2C(=O)c3cc(F)c(F)cc3C2=O)sc14. The molecule has 0 spiro atoms. The van der Waals surface area contributed by atoms with Crippen LogP contribution in [0.4, 0.5) is 17.6 Å². The number of benzene rings is 2. The molecule has 4 aromatic rings. The summed E-state index contributed by atoms with van der Waals surface area (Å²) in [5, 5.41) is 0. The second-order valence-corrected chi connectivity index (χ2v) is 17.6. The van der Waals surface area contributed by atoms with Crippen molar-refractivity contribution in [2.45, 2.75) is 38.9 Å². The molecule has 6 aliphatic rings. The van der Waals surface area contributed by atoms with Gasteiger partial charge in [-0.1, -0.05) is 12.2 Å². The Balaban J connectivity index is 0.994. The summed E-state index contributed by atoms with van der Waals surface area (Å²) in [6.07, 6.45) is 11.3. The van der Waals surface area contributed by atoms with Crippen molar-refractivity contribution in [2.75, 3.05) is 0 Å². The van der Waals surface area contributed by atoms with E-state index in [9.17, 15) is 36.7 Å². The average Bonchev–Trinajstić information content (AvgIpc) is 3.87. The number of carbonyl (C=O) groups excluding carboxylic acids is 4. The maximum atomic E-state index is 14.0. The van der Waals surface area contributed by atoms with Crippen LogP contribution in [0.25, 0.3) is 23.3 Å². The fourth-order valence-corrected chi connectivity index (χ4v) is 10.8. The molecule has 4 heterocycles. The van der Waals surface area contributed by atoms with Crippen LogP contribution >= 0.6 is 22.7 Å². The van der Waals surface area contributed by atoms with Gasteiger partial charge in [0.05, 0.1) is 11.1 Å². The quantitative estimate of drug-likeness (QED) is 0.114. The molecule has 10 rings (SSSR count). The van der Waals surface area contributed by atoms with E-state index in [1.807, 2.05) is 39.8 Å². The molecule has 2 aromatic carbocycles. The maximum absolute atomic E-state index is 14.0. The second-order valence-electron chi connectivity index (χ2n) is 15.4. The van der Waals surface area contributed by atoms with Crippen molar-refractivity contribution in [1.82, 2.24) is 0 Å². The highest BCUT2D eigenvalue weighted by Gasteiger charge is 2.44. The molecule has 0 fully saturated rings. The molecule has 0 radical (unpaired) electrons. The molecule has 0 amide bonds. The lowest BCUT2D eigenvalue weighted by atomic mass is 9.76. The molecule has 0 saturated heterocycles. The third-order valence-electron chi connectivity index (χ3n) is 11.1. The highest BCUT2D eigenvalue weighted by Crippen LogP contribution is 2.55. The van der Waals surface area contributed by atoms with Crippen LogP contribution in [-0.2, 0) is 20.7 Å². The molecule has 278 valence electrons. The number of thiophene rings is 2. The van der Waals surface area contributed by atoms with Gasteiger partial charge in [-0.3, -0.25) is 19.2 Å². The van der Waals surface area contributed by atoms with Crippen molar-refractivity contribution >= 4 is 69.1 Å². The summed E-state index contributed by atoms with van der Waals surface area (Å²) in [4.78, 5) is 55.6. The lowest BCUT2D eigenvalue weighted by Gasteiger charge is -2.40. The van der Waals surface area contributed by atoms with Gasteiger partial charge >= 0.3 is 0 Å². The summed E-state index contributed by atoms with van der Waals surface area (Å²) in [5.74, 6) is -6.32. The summed E-state index contributed by atoms with van der Waals surface area (Å²) in [5.41, 5.74) is 0.900. The van der Waals surface area contributed by atoms with Gasteiger partial charge < -0.3 is 9.47 Å². The molecule has 2 aromatic heterocycles. The average molecular weight is 791 g/mol. The number of ether oxygens (including phenoxy) is 2. The van der Waals surface area contributed by atoms with Gasteiger partial charge in [-0.2, -0.15) is 0 Å². The smallest absolute Gasteiger partial charge is 0.197 e. The van der Waals surface area contributed by atoms with Gasteiger partial charge in [-0.25, -0.2) is 17.6 Å². The molecule has 2 aliphatic heterocycles. The monoisotopic (exact) mass is 790 g/mol. The first-order valence-corrected chi connectivity index (χ1v) is 19.3. The number of hydrogen-bond acceptors (Lipinski definition) is 8. The third kappa shape index (κ3) is 4.91. The molecule has 0 N–H and O–H groups in total. The Morgan fingerprint density at radius 3 is 1.16 bits per heavy atom. The number of rotatable bonds is 2. The molecule has 2 atom stereocenters. The Bertz CT molecular complexity index is 2560. The number of Topliss-reactive ketones (excluding diaryl/α,β-unsaturated/α-hetero) is 4. The first kappa shape index (κ1) is 34.7. The van der Waals surface area contributed by atoms with Crippen LogP contribution in [0.2, 0.25) is 0 Å². The van der Waals surface area contributed by atoms with E-state index in [2.05, 4.69) is 24.3 Å². The fraction of sp³-hybridized carbons (Fsp3) is 0.182. The van der Waals surface area contributed by atoms with E-state index in [1.54, 1.807) is 0 Å². The van der Waals surface area contributed by atoms with E-state index >= 15 is 0 Å². The Morgan fingerprint density at radius 1 is 0.518 bits per heavy atom. The van der Waals surface area contributed by atoms with Gasteiger partial charge in [0.15, 0.2) is 46.4 Å². The summed E-state index contributed by atoms with van der Waals surface area (Å²) in [7, 11) is 0. The number of allylic oxidation sites excluding steroid dienone is 8. The third-order valence-corrected chi connectivity index (χ3v) is 13.3. The van der Waals surface area contributed by atoms with Crippen LogP contribution in [-0.4, -0.2) is 23.1 Å². The first-order chi connectivity index (χ1) is 26.5. The van der Waals surface area contributed by atoms with E-state index < -0.39 is 57.6 Å². The molecule has 0 saturated carbocycles. The lowest BCUT2D eigenvalue weighted by Crippen LogP contribution is -2.31. The molecule has 6 nitrogen and oxygen atoms in total. The first-order valence-electron chi connectivity index (χ1n) is 17.6. The van der Waals surface area contributed by atoms with Crippen LogP contribution in [0.3, 0.4) is 0 Å². The number of halogens is 4. The van der Waals surface area contributed by atoms with Crippen molar-refractivity contribution in [3.63, 3.8) is 0 Å². The van der Waals surface area contributed by atoms with E-state index in [0.29, 0.717) is 21.3 Å². The fourth-order valence-electron chi connectivity index (χ4n) is 8.27. The van der Waals surface area contributed by atoms with Crippen molar-refractivity contribution in [3.05, 3.63) is 160 Å². The van der Waals surface area contributed by atoms with E-state index in [-0.39, 0.29) is 45.2 Å². The predicted molar refractivity (Wildman–Crippen MR) is 202 cm³/mol. The number of fused-ring (bicyclic) bond motifs is 9. The van der Waals surface area contributed by atoms with Crippen LogP contribution in [0.15, 0.2) is 83.4 Å². The minimum Gasteiger partial charge on any atom is -0.483 e. The molecular formula is C44H26F4O6S2. The van der Waals surface area contributed by atoms with Gasteiger partial charge in [0.2, 0.25) is 0 Å². The van der Waals surface area contributed by atoms with Crippen molar-refractivity contribution < 1.29 is 46.2 Å². The zero-order valence-electron chi connectivity index (χ0n) is 29.9. The van der Waals surface area contributed by atoms with Crippen molar-refractivity contribution in [2.24, 2.45) is 11.8 Å². The predicted octanol–water partition coefficient (Wildman–Crippen LogP) is 10.3. The van der Waals surface area contributed by atoms with Crippen molar-refractivity contribution in [3.8, 4) is 0 Å². The normalized spacial score (nSPS) is 21.9. The lowest BCUT2D eigenvalue weighted by molar-refractivity contribution is 0.0318. The highest BCUT2D eigenvalue weighted by atomic mass is 32.1. The topological polar surface area (TPSA) is 86.7 Å². The van der Waals surface area contributed by atoms with Crippen LogP contribution < -0.4 is 0 Å². The summed E-state index contributed by atoms with van der Waals surface area (Å²) in [6, 6.07) is 6.81. The van der Waals surface area contributed by atoms with E-state index in [1.165, 1.54) is 34.8 Å². The molecule has 4 aliphatic carbocycles. The van der Waals surface area contributed by atoms with Crippen LogP contribution in [0, 0.1) is 35.1 Å². The zero-order valence-corrected chi connectivity index (χ0v) is 31.5. The number of ketones is 4. The zero-order chi connectivity index (χ0) is 39.3. The second kappa shape index (κ2) is 11.4. The molecule has 56 heavy (non-hydrogen) atoms. The van der Waals surface area contributed by atoms with Gasteiger partial charge in [-0.05, 0) is 88.4 Å². The molecule has 12 heteroatoms. The van der Waals surface area contributed by atoms with E-state index in [4.69, 9.17) is 9.47 Å². The summed E-state index contributed by atoms with van der Waals surface area (Å²) >= 11 is 2.78. The Morgan fingerprint density at radius 2 is 0.839 bits per heavy atom. The largest absolute Gasteiger partial charge is 0.483 e. The minimum atomic E-state index is -1.20. The summed E-state index contributed by atoms with van der Waals surface area (Å²) < 4.78 is 69.0. The number of carbonyl (C=O) groups is 4. The van der Waals surface area contributed by atoms with Crippen molar-refractivity contribution in [1.29, 1.82) is 0 Å².